The first-order valence-corrected chi connectivity index (χ1v) is 4.60. The van der Waals surface area contributed by atoms with E-state index in [1.54, 1.807) is 0 Å². The van der Waals surface area contributed by atoms with E-state index in [9.17, 15) is 4.79 Å². The Bertz CT molecular complexity index is 166. The number of hydrogen-bond donors (Lipinski definition) is 1. The molecule has 2 unspecified atom stereocenters. The van der Waals surface area contributed by atoms with Gasteiger partial charge in [0.15, 0.2) is 0 Å². The summed E-state index contributed by atoms with van der Waals surface area (Å²) in [6.45, 7) is 0. The molecule has 2 fully saturated rings. The topological polar surface area (TPSA) is 43.1 Å². The number of amides is 1. The molecule has 2 N–H and O–H groups in total. The van der Waals surface area contributed by atoms with Crippen LogP contribution in [0, 0.1) is 17.8 Å². The lowest BCUT2D eigenvalue weighted by Gasteiger charge is -1.97. The van der Waals surface area contributed by atoms with Gasteiger partial charge in [-0.3, -0.25) is 4.79 Å². The second kappa shape index (κ2) is 2.50. The molecule has 0 saturated heterocycles. The van der Waals surface area contributed by atoms with Gasteiger partial charge in [-0.2, -0.15) is 0 Å². The molecule has 0 aromatic rings. The quantitative estimate of drug-likeness (QED) is 0.606. The van der Waals surface area contributed by atoms with E-state index in [1.165, 1.54) is 32.1 Å². The number of rotatable bonds is 1. The van der Waals surface area contributed by atoms with Gasteiger partial charge in [-0.1, -0.05) is 19.3 Å². The molecule has 2 heteroatoms. The van der Waals surface area contributed by atoms with E-state index in [0.29, 0.717) is 11.8 Å². The van der Waals surface area contributed by atoms with Crippen LogP contribution < -0.4 is 5.73 Å². The first kappa shape index (κ1) is 7.14. The molecule has 62 valence electrons. The lowest BCUT2D eigenvalue weighted by molar-refractivity contribution is -0.119. The number of fused-ring (bicyclic) bond motifs is 1. The molecule has 2 atom stereocenters. The maximum absolute atomic E-state index is 10.9. The highest BCUT2D eigenvalue weighted by molar-refractivity contribution is 5.80. The predicted molar refractivity (Wildman–Crippen MR) is 42.7 cm³/mol. The summed E-state index contributed by atoms with van der Waals surface area (Å²) >= 11 is 0. The Kier molecular flexibility index (Phi) is 1.63. The zero-order valence-electron chi connectivity index (χ0n) is 6.75. The molecule has 0 heterocycles. The van der Waals surface area contributed by atoms with Crippen molar-refractivity contribution in [3.8, 4) is 0 Å². The van der Waals surface area contributed by atoms with Crippen LogP contribution in [-0.4, -0.2) is 5.91 Å². The molecular weight excluding hydrogens is 138 g/mol. The van der Waals surface area contributed by atoms with Crippen molar-refractivity contribution in [1.82, 2.24) is 0 Å². The Morgan fingerprint density at radius 2 is 1.64 bits per heavy atom. The Balaban J connectivity index is 1.96. The minimum Gasteiger partial charge on any atom is -0.369 e. The largest absolute Gasteiger partial charge is 0.369 e. The molecule has 11 heavy (non-hydrogen) atoms. The van der Waals surface area contributed by atoms with E-state index < -0.39 is 0 Å². The van der Waals surface area contributed by atoms with Crippen LogP contribution in [0.25, 0.3) is 0 Å². The van der Waals surface area contributed by atoms with Gasteiger partial charge in [0.1, 0.15) is 0 Å². The van der Waals surface area contributed by atoms with Crippen molar-refractivity contribution >= 4 is 5.91 Å². The average molecular weight is 153 g/mol. The van der Waals surface area contributed by atoms with Crippen LogP contribution >= 0.6 is 0 Å². The van der Waals surface area contributed by atoms with E-state index >= 15 is 0 Å². The third kappa shape index (κ3) is 1.15. The number of carbonyl (C=O) groups is 1. The molecule has 2 rings (SSSR count). The lowest BCUT2D eigenvalue weighted by atomic mass is 10.1. The highest BCUT2D eigenvalue weighted by Crippen LogP contribution is 2.53. The first-order chi connectivity index (χ1) is 5.30. The maximum Gasteiger partial charge on any atom is 0.221 e. The van der Waals surface area contributed by atoms with Crippen molar-refractivity contribution in [2.24, 2.45) is 23.5 Å². The van der Waals surface area contributed by atoms with Crippen molar-refractivity contribution in [3.63, 3.8) is 0 Å². The molecular formula is C9H15NO. The Morgan fingerprint density at radius 1 is 1.09 bits per heavy atom. The van der Waals surface area contributed by atoms with E-state index in [1.807, 2.05) is 0 Å². The molecule has 2 aliphatic rings. The summed E-state index contributed by atoms with van der Waals surface area (Å²) in [4.78, 5) is 10.9. The normalized spacial score (nSPS) is 42.4. The second-order valence-corrected chi connectivity index (χ2v) is 3.89. The van der Waals surface area contributed by atoms with Gasteiger partial charge in [-0.25, -0.2) is 0 Å². The van der Waals surface area contributed by atoms with Crippen molar-refractivity contribution in [2.45, 2.75) is 32.1 Å². The fourth-order valence-electron chi connectivity index (χ4n) is 2.59. The van der Waals surface area contributed by atoms with Crippen LogP contribution in [0.4, 0.5) is 0 Å². The minimum atomic E-state index is -0.0538. The second-order valence-electron chi connectivity index (χ2n) is 3.89. The summed E-state index contributed by atoms with van der Waals surface area (Å²) in [5.74, 6) is 1.56. The standard InChI is InChI=1S/C9H15NO/c10-9(11)8-6-4-2-1-3-5-7(6)8/h6-8H,1-5H2,(H2,10,11). The van der Waals surface area contributed by atoms with Gasteiger partial charge in [-0.05, 0) is 24.7 Å². The predicted octanol–water partition coefficient (Wildman–Crippen LogP) is 1.30. The van der Waals surface area contributed by atoms with E-state index in [4.69, 9.17) is 5.73 Å². The molecule has 1 amide bonds. The number of primary amides is 1. The Hall–Kier alpha value is -0.530. The third-order valence-corrected chi connectivity index (χ3v) is 3.24. The maximum atomic E-state index is 10.9. The number of carbonyl (C=O) groups excluding carboxylic acids is 1. The summed E-state index contributed by atoms with van der Waals surface area (Å²) in [7, 11) is 0. The number of nitrogens with two attached hydrogens (primary N) is 1. The summed E-state index contributed by atoms with van der Waals surface area (Å²) in [6.07, 6.45) is 6.48. The molecule has 2 nitrogen and oxygen atoms in total. The van der Waals surface area contributed by atoms with Crippen LogP contribution in [-0.2, 0) is 4.79 Å². The van der Waals surface area contributed by atoms with Crippen LogP contribution in [0.3, 0.4) is 0 Å². The van der Waals surface area contributed by atoms with Crippen molar-refractivity contribution in [1.29, 1.82) is 0 Å². The van der Waals surface area contributed by atoms with Gasteiger partial charge in [-0.15, -0.1) is 0 Å². The van der Waals surface area contributed by atoms with Gasteiger partial charge >= 0.3 is 0 Å². The first-order valence-electron chi connectivity index (χ1n) is 4.60. The Morgan fingerprint density at radius 3 is 2.09 bits per heavy atom. The van der Waals surface area contributed by atoms with Crippen LogP contribution in [0.1, 0.15) is 32.1 Å². The summed E-state index contributed by atoms with van der Waals surface area (Å²) in [5, 5.41) is 0. The summed E-state index contributed by atoms with van der Waals surface area (Å²) in [6, 6.07) is 0. The van der Waals surface area contributed by atoms with Crippen molar-refractivity contribution in [2.75, 3.05) is 0 Å². The van der Waals surface area contributed by atoms with Gasteiger partial charge in [0.2, 0.25) is 5.91 Å². The van der Waals surface area contributed by atoms with E-state index in [-0.39, 0.29) is 11.8 Å². The molecule has 2 aliphatic carbocycles. The van der Waals surface area contributed by atoms with Gasteiger partial charge in [0.25, 0.3) is 0 Å². The third-order valence-electron chi connectivity index (χ3n) is 3.24. The zero-order valence-corrected chi connectivity index (χ0v) is 6.75. The smallest absolute Gasteiger partial charge is 0.221 e. The van der Waals surface area contributed by atoms with Gasteiger partial charge < -0.3 is 5.73 Å². The molecule has 0 spiro atoms. The minimum absolute atomic E-state index is 0.0538. The van der Waals surface area contributed by atoms with Crippen LogP contribution in [0.5, 0.6) is 0 Å². The number of hydrogen-bond acceptors (Lipinski definition) is 1. The molecule has 2 saturated carbocycles. The van der Waals surface area contributed by atoms with Crippen molar-refractivity contribution in [3.05, 3.63) is 0 Å². The van der Waals surface area contributed by atoms with Crippen molar-refractivity contribution < 1.29 is 4.79 Å². The van der Waals surface area contributed by atoms with E-state index in [2.05, 4.69) is 0 Å². The average Bonchev–Trinajstić information content (AvgIpc) is 2.57. The highest BCUT2D eigenvalue weighted by atomic mass is 16.1. The van der Waals surface area contributed by atoms with Gasteiger partial charge in [0.05, 0.1) is 0 Å². The highest BCUT2D eigenvalue weighted by Gasteiger charge is 2.52. The molecule has 0 bridgehead atoms. The van der Waals surface area contributed by atoms with Crippen LogP contribution in [0.2, 0.25) is 0 Å². The zero-order chi connectivity index (χ0) is 7.84. The summed E-state index contributed by atoms with van der Waals surface area (Å²) in [5.41, 5.74) is 5.27. The SMILES string of the molecule is NC(=O)C1C2CCCCCC21. The summed E-state index contributed by atoms with van der Waals surface area (Å²) < 4.78 is 0. The monoisotopic (exact) mass is 153 g/mol. The Labute approximate surface area is 67.1 Å². The molecule has 0 aromatic carbocycles. The molecule has 0 aliphatic heterocycles. The molecule has 0 radical (unpaired) electrons. The van der Waals surface area contributed by atoms with Gasteiger partial charge in [0, 0.05) is 5.92 Å². The van der Waals surface area contributed by atoms with E-state index in [0.717, 1.165) is 0 Å². The lowest BCUT2D eigenvalue weighted by Crippen LogP contribution is -2.15. The van der Waals surface area contributed by atoms with Crippen LogP contribution in [0.15, 0.2) is 0 Å². The fourth-order valence-corrected chi connectivity index (χ4v) is 2.59. The fraction of sp³-hybridized carbons (Fsp3) is 0.889. The molecule has 0 aromatic heterocycles.